The lowest BCUT2D eigenvalue weighted by Gasteiger charge is -2.15. The fraction of sp³-hybridized carbons (Fsp3) is 0.190. The van der Waals surface area contributed by atoms with Gasteiger partial charge in [0.25, 0.3) is 5.91 Å². The number of fused-ring (bicyclic) bond motifs is 1. The van der Waals surface area contributed by atoms with Crippen LogP contribution < -0.4 is 10.6 Å². The molecule has 0 fully saturated rings. The quantitative estimate of drug-likeness (QED) is 0.596. The second kappa shape index (κ2) is 8.40. The Kier molecular flexibility index (Phi) is 5.91. The van der Waals surface area contributed by atoms with Gasteiger partial charge in [-0.15, -0.1) is 0 Å². The SMILES string of the molecule is CCOC(=O)c1cnc2ccc(C(=O)NC)cc2c1Nc1ccc(C(F)(F)F)cc1. The molecule has 0 aliphatic heterocycles. The van der Waals surface area contributed by atoms with Crippen molar-refractivity contribution >= 4 is 34.2 Å². The first-order valence-electron chi connectivity index (χ1n) is 9.00. The Balaban J connectivity index is 2.13. The van der Waals surface area contributed by atoms with E-state index < -0.39 is 17.7 Å². The zero-order chi connectivity index (χ0) is 21.9. The van der Waals surface area contributed by atoms with Gasteiger partial charge in [0.2, 0.25) is 0 Å². The van der Waals surface area contributed by atoms with Crippen molar-refractivity contribution in [2.75, 3.05) is 19.0 Å². The summed E-state index contributed by atoms with van der Waals surface area (Å²) in [6, 6.07) is 9.14. The summed E-state index contributed by atoms with van der Waals surface area (Å²) in [5, 5.41) is 5.94. The normalized spacial score (nSPS) is 11.2. The first-order valence-corrected chi connectivity index (χ1v) is 9.00. The fourth-order valence-corrected chi connectivity index (χ4v) is 2.86. The number of nitrogens with one attached hydrogen (secondary N) is 2. The maximum Gasteiger partial charge on any atom is 0.416 e. The molecule has 30 heavy (non-hydrogen) atoms. The van der Waals surface area contributed by atoms with Gasteiger partial charge in [-0.1, -0.05) is 0 Å². The lowest BCUT2D eigenvalue weighted by Crippen LogP contribution is -2.17. The van der Waals surface area contributed by atoms with E-state index in [0.717, 1.165) is 12.1 Å². The number of carbonyl (C=O) groups is 2. The number of esters is 1. The Bertz CT molecular complexity index is 1100. The number of anilines is 2. The topological polar surface area (TPSA) is 80.3 Å². The smallest absolute Gasteiger partial charge is 0.416 e. The number of carbonyl (C=O) groups excluding carboxylic acids is 2. The van der Waals surface area contributed by atoms with Crippen molar-refractivity contribution < 1.29 is 27.5 Å². The average Bonchev–Trinajstić information content (AvgIpc) is 2.73. The molecule has 0 atom stereocenters. The van der Waals surface area contributed by atoms with Crippen molar-refractivity contribution in [3.63, 3.8) is 0 Å². The van der Waals surface area contributed by atoms with Crippen molar-refractivity contribution in [2.24, 2.45) is 0 Å². The number of benzene rings is 2. The number of hydrogen-bond acceptors (Lipinski definition) is 5. The van der Waals surface area contributed by atoms with Crippen LogP contribution in [-0.2, 0) is 10.9 Å². The summed E-state index contributed by atoms with van der Waals surface area (Å²) in [6.07, 6.45) is -3.13. The minimum atomic E-state index is -4.46. The molecule has 0 aliphatic carbocycles. The third-order valence-corrected chi connectivity index (χ3v) is 4.33. The van der Waals surface area contributed by atoms with E-state index in [0.29, 0.717) is 22.2 Å². The van der Waals surface area contributed by atoms with E-state index in [1.165, 1.54) is 25.4 Å². The zero-order valence-corrected chi connectivity index (χ0v) is 16.1. The second-order valence-electron chi connectivity index (χ2n) is 6.28. The van der Waals surface area contributed by atoms with Crippen LogP contribution in [0.15, 0.2) is 48.7 Å². The van der Waals surface area contributed by atoms with E-state index >= 15 is 0 Å². The van der Waals surface area contributed by atoms with Crippen molar-refractivity contribution in [1.82, 2.24) is 10.3 Å². The van der Waals surface area contributed by atoms with Crippen LogP contribution in [0, 0.1) is 0 Å². The summed E-state index contributed by atoms with van der Waals surface area (Å²) >= 11 is 0. The van der Waals surface area contributed by atoms with Crippen LogP contribution in [0.25, 0.3) is 10.9 Å². The molecule has 0 spiro atoms. The first kappa shape index (κ1) is 21.1. The highest BCUT2D eigenvalue weighted by molar-refractivity contribution is 6.08. The largest absolute Gasteiger partial charge is 0.462 e. The highest BCUT2D eigenvalue weighted by Crippen LogP contribution is 2.33. The molecule has 0 unspecified atom stereocenters. The molecule has 1 amide bonds. The summed E-state index contributed by atoms with van der Waals surface area (Å²) in [6.45, 7) is 1.79. The monoisotopic (exact) mass is 417 g/mol. The molecule has 9 heteroatoms. The molecular weight excluding hydrogens is 399 g/mol. The van der Waals surface area contributed by atoms with E-state index in [1.807, 2.05) is 0 Å². The molecule has 1 aromatic heterocycles. The van der Waals surface area contributed by atoms with Gasteiger partial charge in [0.1, 0.15) is 5.56 Å². The minimum Gasteiger partial charge on any atom is -0.462 e. The van der Waals surface area contributed by atoms with Crippen LogP contribution >= 0.6 is 0 Å². The summed E-state index contributed by atoms with van der Waals surface area (Å²) in [7, 11) is 1.49. The van der Waals surface area contributed by atoms with Crippen LogP contribution in [0.5, 0.6) is 0 Å². The molecule has 6 nitrogen and oxygen atoms in total. The molecular formula is C21H18F3N3O3. The second-order valence-corrected chi connectivity index (χ2v) is 6.28. The van der Waals surface area contributed by atoms with E-state index in [2.05, 4.69) is 15.6 Å². The predicted molar refractivity (Wildman–Crippen MR) is 106 cm³/mol. The lowest BCUT2D eigenvalue weighted by molar-refractivity contribution is -0.137. The number of alkyl halides is 3. The van der Waals surface area contributed by atoms with Gasteiger partial charge in [0, 0.05) is 29.9 Å². The lowest BCUT2D eigenvalue weighted by atomic mass is 10.0. The molecule has 2 aromatic carbocycles. The van der Waals surface area contributed by atoms with Crippen molar-refractivity contribution in [3.8, 4) is 0 Å². The third kappa shape index (κ3) is 4.35. The number of aromatic nitrogens is 1. The predicted octanol–water partition coefficient (Wildman–Crippen LogP) is 4.53. The summed E-state index contributed by atoms with van der Waals surface area (Å²) in [4.78, 5) is 28.7. The van der Waals surface area contributed by atoms with Gasteiger partial charge in [-0.2, -0.15) is 13.2 Å². The van der Waals surface area contributed by atoms with Gasteiger partial charge in [0.05, 0.1) is 23.4 Å². The van der Waals surface area contributed by atoms with Crippen molar-refractivity contribution in [2.45, 2.75) is 13.1 Å². The van der Waals surface area contributed by atoms with Crippen LogP contribution in [0.2, 0.25) is 0 Å². The van der Waals surface area contributed by atoms with Crippen LogP contribution in [0.3, 0.4) is 0 Å². The molecule has 3 aromatic rings. The summed E-state index contributed by atoms with van der Waals surface area (Å²) in [5.41, 5.74) is 0.738. The minimum absolute atomic E-state index is 0.0957. The van der Waals surface area contributed by atoms with E-state index in [4.69, 9.17) is 4.74 Å². The first-order chi connectivity index (χ1) is 14.2. The number of amides is 1. The number of ether oxygens (including phenoxy) is 1. The average molecular weight is 417 g/mol. The third-order valence-electron chi connectivity index (χ3n) is 4.33. The number of nitrogens with zero attached hydrogens (tertiary/aromatic N) is 1. The number of pyridine rings is 1. The highest BCUT2D eigenvalue weighted by Gasteiger charge is 2.30. The number of hydrogen-bond donors (Lipinski definition) is 2. The Morgan fingerprint density at radius 1 is 1.10 bits per heavy atom. The molecule has 0 bridgehead atoms. The van der Waals surface area contributed by atoms with Gasteiger partial charge in [-0.05, 0) is 49.4 Å². The summed E-state index contributed by atoms with van der Waals surface area (Å²) < 4.78 is 43.6. The van der Waals surface area contributed by atoms with Crippen LogP contribution in [-0.4, -0.2) is 30.5 Å². The van der Waals surface area contributed by atoms with E-state index in [-0.39, 0.29) is 23.8 Å². The van der Waals surface area contributed by atoms with E-state index in [9.17, 15) is 22.8 Å². The standard InChI is InChI=1S/C21H18F3N3O3/c1-3-30-20(29)16-11-26-17-9-4-12(19(28)25-2)10-15(17)18(16)27-14-7-5-13(6-8-14)21(22,23)24/h4-11H,3H2,1-2H3,(H,25,28)(H,26,27). The molecule has 0 saturated heterocycles. The van der Waals surface area contributed by atoms with E-state index in [1.54, 1.807) is 25.1 Å². The van der Waals surface area contributed by atoms with Gasteiger partial charge in [-0.3, -0.25) is 9.78 Å². The Hall–Kier alpha value is -3.62. The molecule has 156 valence electrons. The highest BCUT2D eigenvalue weighted by atomic mass is 19.4. The molecule has 0 aliphatic rings. The molecule has 0 radical (unpaired) electrons. The number of rotatable bonds is 5. The van der Waals surface area contributed by atoms with Crippen LogP contribution in [0.1, 0.15) is 33.2 Å². The van der Waals surface area contributed by atoms with Crippen molar-refractivity contribution in [1.29, 1.82) is 0 Å². The maximum atomic E-state index is 12.8. The van der Waals surface area contributed by atoms with Crippen molar-refractivity contribution in [3.05, 3.63) is 65.4 Å². The molecule has 0 saturated carbocycles. The summed E-state index contributed by atoms with van der Waals surface area (Å²) in [5.74, 6) is -0.981. The Morgan fingerprint density at radius 2 is 1.80 bits per heavy atom. The zero-order valence-electron chi connectivity index (χ0n) is 16.1. The van der Waals surface area contributed by atoms with Gasteiger partial charge >= 0.3 is 12.1 Å². The van der Waals surface area contributed by atoms with Gasteiger partial charge in [0.15, 0.2) is 0 Å². The van der Waals surface area contributed by atoms with Gasteiger partial charge in [-0.25, -0.2) is 4.79 Å². The molecule has 1 heterocycles. The fourth-order valence-electron chi connectivity index (χ4n) is 2.86. The Morgan fingerprint density at radius 3 is 2.40 bits per heavy atom. The Labute approximate surface area is 170 Å². The molecule has 2 N–H and O–H groups in total. The maximum absolute atomic E-state index is 12.8. The van der Waals surface area contributed by atoms with Crippen LogP contribution in [0.4, 0.5) is 24.5 Å². The number of halogens is 3. The molecule has 3 rings (SSSR count). The van der Waals surface area contributed by atoms with Gasteiger partial charge < -0.3 is 15.4 Å².